The van der Waals surface area contributed by atoms with E-state index in [1.54, 1.807) is 6.26 Å². The third-order valence-corrected chi connectivity index (χ3v) is 5.02. The van der Waals surface area contributed by atoms with Crippen molar-refractivity contribution in [3.05, 3.63) is 53.8 Å². The van der Waals surface area contributed by atoms with Crippen molar-refractivity contribution in [2.45, 2.75) is 31.3 Å². The third-order valence-electron chi connectivity index (χ3n) is 4.00. The Morgan fingerprint density at radius 1 is 1.20 bits per heavy atom. The normalized spacial score (nSPS) is 11.0. The number of aryl methyl sites for hydroxylation is 1. The predicted molar refractivity (Wildman–Crippen MR) is 98.8 cm³/mol. The molecule has 0 spiro atoms. The molecule has 0 saturated heterocycles. The van der Waals surface area contributed by atoms with Crippen LogP contribution in [0.25, 0.3) is 11.6 Å². The summed E-state index contributed by atoms with van der Waals surface area (Å²) in [5.41, 5.74) is 2.02. The molecule has 5 nitrogen and oxygen atoms in total. The summed E-state index contributed by atoms with van der Waals surface area (Å²) in [5, 5.41) is 8.98. The lowest BCUT2D eigenvalue weighted by Gasteiger charge is -2.04. The molecule has 0 bridgehead atoms. The number of hydrogen-bond acceptors (Lipinski definition) is 5. The van der Waals surface area contributed by atoms with Crippen molar-refractivity contribution in [2.24, 2.45) is 7.05 Å². The number of carbonyl (C=O) groups is 1. The quantitative estimate of drug-likeness (QED) is 0.443. The van der Waals surface area contributed by atoms with Gasteiger partial charge in [-0.3, -0.25) is 4.79 Å². The number of nitrogens with zero attached hydrogens (tertiary/aromatic N) is 3. The lowest BCUT2D eigenvalue weighted by atomic mass is 10.1. The molecule has 0 aliphatic heterocycles. The van der Waals surface area contributed by atoms with E-state index in [0.29, 0.717) is 22.5 Å². The van der Waals surface area contributed by atoms with Crippen LogP contribution in [0.5, 0.6) is 0 Å². The Balaban J connectivity index is 1.61. The van der Waals surface area contributed by atoms with Gasteiger partial charge in [0, 0.05) is 12.6 Å². The number of rotatable bonds is 8. The molecule has 0 N–H and O–H groups in total. The Morgan fingerprint density at radius 2 is 2.00 bits per heavy atom. The molecular formula is C19H21N3O2S. The van der Waals surface area contributed by atoms with Crippen LogP contribution in [0.4, 0.5) is 0 Å². The fraction of sp³-hybridized carbons (Fsp3) is 0.316. The summed E-state index contributed by atoms with van der Waals surface area (Å²) >= 11 is 1.38. The van der Waals surface area contributed by atoms with Gasteiger partial charge in [0.1, 0.15) is 0 Å². The van der Waals surface area contributed by atoms with E-state index < -0.39 is 0 Å². The summed E-state index contributed by atoms with van der Waals surface area (Å²) in [6, 6.07) is 11.6. The molecule has 0 aliphatic carbocycles. The van der Waals surface area contributed by atoms with Crippen molar-refractivity contribution >= 4 is 17.5 Å². The summed E-state index contributed by atoms with van der Waals surface area (Å²) in [6.45, 7) is 2.18. The summed E-state index contributed by atoms with van der Waals surface area (Å²) in [6.07, 6.45) is 5.01. The van der Waals surface area contributed by atoms with Gasteiger partial charge in [0.05, 0.1) is 12.0 Å². The maximum atomic E-state index is 12.4. The van der Waals surface area contributed by atoms with E-state index in [4.69, 9.17) is 4.42 Å². The highest BCUT2D eigenvalue weighted by molar-refractivity contribution is 7.99. The molecule has 0 unspecified atom stereocenters. The Kier molecular flexibility index (Phi) is 5.71. The molecule has 0 radical (unpaired) electrons. The van der Waals surface area contributed by atoms with Crippen LogP contribution >= 0.6 is 11.8 Å². The first kappa shape index (κ1) is 17.5. The number of aromatic nitrogens is 3. The lowest BCUT2D eigenvalue weighted by Crippen LogP contribution is -2.04. The predicted octanol–water partition coefficient (Wildman–Crippen LogP) is 4.39. The topological polar surface area (TPSA) is 60.9 Å². The van der Waals surface area contributed by atoms with Crippen LogP contribution in [-0.4, -0.2) is 26.3 Å². The van der Waals surface area contributed by atoms with Gasteiger partial charge >= 0.3 is 0 Å². The molecule has 25 heavy (non-hydrogen) atoms. The Labute approximate surface area is 151 Å². The van der Waals surface area contributed by atoms with Crippen molar-refractivity contribution < 1.29 is 9.21 Å². The first-order chi connectivity index (χ1) is 12.2. The number of Topliss-reactive ketones (excluding diaryl/α,β-unsaturated/α-hetero) is 1. The van der Waals surface area contributed by atoms with Crippen LogP contribution in [0, 0.1) is 0 Å². The molecule has 2 aromatic heterocycles. The highest BCUT2D eigenvalue weighted by atomic mass is 32.2. The highest BCUT2D eigenvalue weighted by Crippen LogP contribution is 2.23. The zero-order valence-electron chi connectivity index (χ0n) is 14.4. The molecule has 3 rings (SSSR count). The van der Waals surface area contributed by atoms with Gasteiger partial charge in [-0.25, -0.2) is 0 Å². The zero-order chi connectivity index (χ0) is 17.6. The molecule has 6 heteroatoms. The van der Waals surface area contributed by atoms with E-state index in [-0.39, 0.29) is 5.78 Å². The van der Waals surface area contributed by atoms with Gasteiger partial charge in [0.25, 0.3) is 0 Å². The van der Waals surface area contributed by atoms with E-state index >= 15 is 0 Å². The second kappa shape index (κ2) is 8.16. The lowest BCUT2D eigenvalue weighted by molar-refractivity contribution is 0.102. The number of furan rings is 1. The smallest absolute Gasteiger partial charge is 0.200 e. The van der Waals surface area contributed by atoms with Crippen molar-refractivity contribution in [3.63, 3.8) is 0 Å². The fourth-order valence-corrected chi connectivity index (χ4v) is 3.32. The van der Waals surface area contributed by atoms with Crippen LogP contribution in [0.3, 0.4) is 0 Å². The highest BCUT2D eigenvalue weighted by Gasteiger charge is 2.15. The second-order valence-corrected chi connectivity index (χ2v) is 6.80. The zero-order valence-corrected chi connectivity index (χ0v) is 15.3. The number of ketones is 1. The minimum Gasteiger partial charge on any atom is -0.461 e. The average molecular weight is 355 g/mol. The van der Waals surface area contributed by atoms with Crippen LogP contribution in [0.1, 0.15) is 35.7 Å². The summed E-state index contributed by atoms with van der Waals surface area (Å²) in [4.78, 5) is 12.4. The van der Waals surface area contributed by atoms with Crippen LogP contribution < -0.4 is 0 Å². The molecule has 0 saturated carbocycles. The number of thioether (sulfide) groups is 1. The summed E-state index contributed by atoms with van der Waals surface area (Å²) in [5.74, 6) is 1.74. The van der Waals surface area contributed by atoms with E-state index in [9.17, 15) is 4.79 Å². The first-order valence-corrected chi connectivity index (χ1v) is 9.35. The average Bonchev–Trinajstić information content (AvgIpc) is 3.28. The second-order valence-electron chi connectivity index (χ2n) is 5.85. The number of carbonyl (C=O) groups excluding carboxylic acids is 1. The van der Waals surface area contributed by atoms with Crippen LogP contribution in [0.15, 0.2) is 52.2 Å². The molecule has 3 aromatic rings. The van der Waals surface area contributed by atoms with Gasteiger partial charge < -0.3 is 8.98 Å². The van der Waals surface area contributed by atoms with Gasteiger partial charge in [0.2, 0.25) is 0 Å². The number of benzene rings is 1. The van der Waals surface area contributed by atoms with E-state index in [2.05, 4.69) is 17.1 Å². The van der Waals surface area contributed by atoms with Crippen molar-refractivity contribution in [1.29, 1.82) is 0 Å². The first-order valence-electron chi connectivity index (χ1n) is 8.37. The SMILES string of the molecule is CCCCc1ccc(C(=O)CSc2nnc(-c3ccco3)n2C)cc1. The van der Waals surface area contributed by atoms with Crippen LogP contribution in [0.2, 0.25) is 0 Å². The number of unbranched alkanes of at least 4 members (excludes halogenated alkanes) is 1. The minimum atomic E-state index is 0.0922. The van der Waals surface area contributed by atoms with Crippen molar-refractivity contribution in [3.8, 4) is 11.6 Å². The fourth-order valence-electron chi connectivity index (χ4n) is 2.51. The minimum absolute atomic E-state index is 0.0922. The molecule has 0 aliphatic rings. The van der Waals surface area contributed by atoms with Crippen molar-refractivity contribution in [1.82, 2.24) is 14.8 Å². The van der Waals surface area contributed by atoms with Gasteiger partial charge in [0.15, 0.2) is 22.5 Å². The molecule has 0 fully saturated rings. The molecule has 1 aromatic carbocycles. The summed E-state index contributed by atoms with van der Waals surface area (Å²) < 4.78 is 7.19. The third kappa shape index (κ3) is 4.20. The Hall–Kier alpha value is -2.34. The number of hydrogen-bond donors (Lipinski definition) is 0. The Bertz CT molecular complexity index is 823. The van der Waals surface area contributed by atoms with Crippen LogP contribution in [-0.2, 0) is 13.5 Å². The molecule has 0 atom stereocenters. The van der Waals surface area contributed by atoms with Crippen molar-refractivity contribution in [2.75, 3.05) is 5.75 Å². The van der Waals surface area contributed by atoms with E-state index in [1.165, 1.54) is 30.2 Å². The maximum absolute atomic E-state index is 12.4. The van der Waals surface area contributed by atoms with Gasteiger partial charge in [-0.1, -0.05) is 49.4 Å². The van der Waals surface area contributed by atoms with Gasteiger partial charge in [-0.05, 0) is 30.5 Å². The molecular weight excluding hydrogens is 334 g/mol. The standard InChI is InChI=1S/C19H21N3O2S/c1-3-4-6-14-8-10-15(11-9-14)16(23)13-25-19-21-20-18(22(19)2)17-7-5-12-24-17/h5,7-12H,3-4,6,13H2,1-2H3. The molecule has 130 valence electrons. The molecule has 0 amide bonds. The molecule has 2 heterocycles. The van der Waals surface area contributed by atoms with E-state index in [1.807, 2.05) is 48.0 Å². The van der Waals surface area contributed by atoms with Gasteiger partial charge in [-0.15, -0.1) is 10.2 Å². The van der Waals surface area contributed by atoms with Gasteiger partial charge in [-0.2, -0.15) is 0 Å². The maximum Gasteiger partial charge on any atom is 0.200 e. The Morgan fingerprint density at radius 3 is 2.68 bits per heavy atom. The monoisotopic (exact) mass is 355 g/mol. The van der Waals surface area contributed by atoms with E-state index in [0.717, 1.165) is 12.0 Å². The summed E-state index contributed by atoms with van der Waals surface area (Å²) in [7, 11) is 1.87. The largest absolute Gasteiger partial charge is 0.461 e.